The Labute approximate surface area is 158 Å². The van der Waals surface area contributed by atoms with E-state index < -0.39 is 0 Å². The van der Waals surface area contributed by atoms with Gasteiger partial charge in [-0.15, -0.1) is 0 Å². The number of hydrogen-bond acceptors (Lipinski definition) is 5. The number of hydrazine groups is 1. The lowest BCUT2D eigenvalue weighted by atomic mass is 9.98. The van der Waals surface area contributed by atoms with E-state index in [-0.39, 0.29) is 11.8 Å². The first-order valence-electron chi connectivity index (χ1n) is 9.78. The average Bonchev–Trinajstić information content (AvgIpc) is 3.36. The summed E-state index contributed by atoms with van der Waals surface area (Å²) in [6, 6.07) is 14.8. The highest BCUT2D eigenvalue weighted by Gasteiger charge is 2.51. The van der Waals surface area contributed by atoms with E-state index in [0.29, 0.717) is 13.2 Å². The van der Waals surface area contributed by atoms with Gasteiger partial charge in [0.25, 0.3) is 0 Å². The molecule has 5 nitrogen and oxygen atoms in total. The summed E-state index contributed by atoms with van der Waals surface area (Å²) < 4.78 is 18.0. The molecule has 0 unspecified atom stereocenters. The van der Waals surface area contributed by atoms with E-state index in [2.05, 4.69) is 52.9 Å². The zero-order valence-electron chi connectivity index (χ0n) is 15.1. The molecule has 138 valence electrons. The number of rotatable bonds is 1. The lowest BCUT2D eigenvalue weighted by Crippen LogP contribution is -2.58. The molecular formula is C22H22N2O3. The van der Waals surface area contributed by atoms with Gasteiger partial charge in [0.05, 0.1) is 11.7 Å². The number of nitrogens with one attached hydrogen (secondary N) is 1. The Kier molecular flexibility index (Phi) is 3.23. The van der Waals surface area contributed by atoms with E-state index in [4.69, 9.17) is 14.2 Å². The Morgan fingerprint density at radius 3 is 2.63 bits per heavy atom. The monoisotopic (exact) mass is 362 g/mol. The second-order valence-electron chi connectivity index (χ2n) is 7.66. The fourth-order valence-electron chi connectivity index (χ4n) is 4.77. The summed E-state index contributed by atoms with van der Waals surface area (Å²) in [6.07, 6.45) is 6.81. The summed E-state index contributed by atoms with van der Waals surface area (Å²) in [7, 11) is 0. The molecule has 0 bridgehead atoms. The highest BCUT2D eigenvalue weighted by molar-refractivity contribution is 5.70. The summed E-state index contributed by atoms with van der Waals surface area (Å²) in [5.74, 6) is 2.66. The summed E-state index contributed by atoms with van der Waals surface area (Å²) in [4.78, 5) is 0. The summed E-state index contributed by atoms with van der Waals surface area (Å²) in [5.41, 5.74) is 6.83. The van der Waals surface area contributed by atoms with Crippen LogP contribution in [0.15, 0.2) is 48.5 Å². The molecule has 27 heavy (non-hydrogen) atoms. The second kappa shape index (κ2) is 5.67. The minimum Gasteiger partial charge on any atom is -0.486 e. The number of para-hydroxylation sites is 1. The van der Waals surface area contributed by atoms with Gasteiger partial charge in [0.2, 0.25) is 0 Å². The largest absolute Gasteiger partial charge is 0.486 e. The van der Waals surface area contributed by atoms with Gasteiger partial charge in [0.15, 0.2) is 17.2 Å². The van der Waals surface area contributed by atoms with Crippen molar-refractivity contribution in [3.63, 3.8) is 0 Å². The molecule has 1 spiro atoms. The molecule has 2 aromatic carbocycles. The summed E-state index contributed by atoms with van der Waals surface area (Å²) >= 11 is 0. The fourth-order valence-corrected chi connectivity index (χ4v) is 4.77. The summed E-state index contributed by atoms with van der Waals surface area (Å²) in [6.45, 7) is 1.21. The third-order valence-electron chi connectivity index (χ3n) is 6.06. The molecule has 3 aliphatic heterocycles. The molecule has 2 aromatic rings. The van der Waals surface area contributed by atoms with Crippen LogP contribution in [0.3, 0.4) is 0 Å². The molecule has 1 N–H and O–H groups in total. The topological polar surface area (TPSA) is 43.0 Å². The predicted molar refractivity (Wildman–Crippen MR) is 101 cm³/mol. The Bertz CT molecular complexity index is 933. The first-order chi connectivity index (χ1) is 13.3. The van der Waals surface area contributed by atoms with Crippen molar-refractivity contribution in [2.24, 2.45) is 0 Å². The van der Waals surface area contributed by atoms with Gasteiger partial charge in [-0.25, -0.2) is 0 Å². The maximum atomic E-state index is 6.55. The van der Waals surface area contributed by atoms with Crippen LogP contribution in [0, 0.1) is 0 Å². The van der Waals surface area contributed by atoms with Gasteiger partial charge in [-0.3, -0.25) is 0 Å². The van der Waals surface area contributed by atoms with Crippen LogP contribution in [0.2, 0.25) is 0 Å². The van der Waals surface area contributed by atoms with Crippen molar-refractivity contribution in [1.82, 2.24) is 10.4 Å². The number of fused-ring (bicyclic) bond motifs is 5. The minimum atomic E-state index is -0.259. The van der Waals surface area contributed by atoms with Crippen molar-refractivity contribution in [2.45, 2.75) is 37.5 Å². The molecule has 0 amide bonds. The fraction of sp³-hybridized carbons (Fsp3) is 0.364. The zero-order chi connectivity index (χ0) is 17.8. The molecule has 1 saturated carbocycles. The van der Waals surface area contributed by atoms with Crippen LogP contribution >= 0.6 is 0 Å². The van der Waals surface area contributed by atoms with Crippen molar-refractivity contribution in [1.29, 1.82) is 0 Å². The maximum Gasteiger partial charge on any atom is 0.180 e. The molecule has 1 aliphatic carbocycles. The third kappa shape index (κ3) is 2.28. The smallest absolute Gasteiger partial charge is 0.180 e. The van der Waals surface area contributed by atoms with Crippen LogP contribution in [0.5, 0.6) is 17.2 Å². The Morgan fingerprint density at radius 1 is 0.926 bits per heavy atom. The van der Waals surface area contributed by atoms with E-state index in [0.717, 1.165) is 41.4 Å². The van der Waals surface area contributed by atoms with Crippen LogP contribution in [-0.4, -0.2) is 23.9 Å². The van der Waals surface area contributed by atoms with Crippen molar-refractivity contribution < 1.29 is 14.2 Å². The predicted octanol–water partition coefficient (Wildman–Crippen LogP) is 4.02. The zero-order valence-corrected chi connectivity index (χ0v) is 15.1. The normalized spacial score (nSPS) is 24.6. The summed E-state index contributed by atoms with van der Waals surface area (Å²) in [5, 5.41) is 2.33. The highest BCUT2D eigenvalue weighted by atomic mass is 16.6. The molecule has 4 aliphatic rings. The van der Waals surface area contributed by atoms with Gasteiger partial charge >= 0.3 is 0 Å². The van der Waals surface area contributed by atoms with Gasteiger partial charge < -0.3 is 19.6 Å². The molecule has 0 radical (unpaired) electrons. The highest BCUT2D eigenvalue weighted by Crippen LogP contribution is 2.50. The number of hydrogen-bond donors (Lipinski definition) is 1. The van der Waals surface area contributed by atoms with Crippen LogP contribution in [0.1, 0.15) is 42.9 Å². The molecule has 0 aromatic heterocycles. The van der Waals surface area contributed by atoms with Crippen LogP contribution in [0.25, 0.3) is 5.70 Å². The van der Waals surface area contributed by atoms with E-state index in [1.807, 2.05) is 6.07 Å². The van der Waals surface area contributed by atoms with Gasteiger partial charge in [-0.05, 0) is 43.2 Å². The van der Waals surface area contributed by atoms with Gasteiger partial charge in [0, 0.05) is 24.0 Å². The Balaban J connectivity index is 1.42. The lowest BCUT2D eigenvalue weighted by molar-refractivity contribution is -0.125. The number of nitrogens with zero attached hydrogens (tertiary/aromatic N) is 1. The van der Waals surface area contributed by atoms with Crippen LogP contribution in [-0.2, 0) is 0 Å². The Hall–Kier alpha value is -2.66. The molecule has 3 heterocycles. The molecule has 6 rings (SSSR count). The standard InChI is InChI=1S/C22H22N2O3/c1-2-6-19-16(5-1)18-14-17(23-24(18)22(27-19)9-3-4-10-22)15-7-8-20-21(13-15)26-12-11-25-20/h1-2,5-8,13-14,18,23H,3-4,9-12H2/t18-/m0/s1. The molecule has 1 atom stereocenters. The average molecular weight is 362 g/mol. The Morgan fingerprint density at radius 2 is 1.74 bits per heavy atom. The molecule has 5 heteroatoms. The van der Waals surface area contributed by atoms with Gasteiger partial charge in [-0.1, -0.05) is 18.2 Å². The second-order valence-corrected chi connectivity index (χ2v) is 7.66. The van der Waals surface area contributed by atoms with Crippen molar-refractivity contribution >= 4 is 5.70 Å². The SMILES string of the molecule is C1=C(c2ccc3c(c2)OCCO3)NN2[C@@H]1c1ccccc1OC21CCCC1. The van der Waals surface area contributed by atoms with Gasteiger partial charge in [0.1, 0.15) is 19.0 Å². The van der Waals surface area contributed by atoms with E-state index in [1.165, 1.54) is 18.4 Å². The lowest BCUT2D eigenvalue weighted by Gasteiger charge is -2.46. The first-order valence-corrected chi connectivity index (χ1v) is 9.78. The van der Waals surface area contributed by atoms with E-state index in [9.17, 15) is 0 Å². The van der Waals surface area contributed by atoms with Gasteiger partial charge in [-0.2, -0.15) is 5.01 Å². The molecule has 1 fully saturated rings. The maximum absolute atomic E-state index is 6.55. The van der Waals surface area contributed by atoms with E-state index in [1.54, 1.807) is 0 Å². The quantitative estimate of drug-likeness (QED) is 0.830. The van der Waals surface area contributed by atoms with Crippen LogP contribution in [0.4, 0.5) is 0 Å². The number of benzene rings is 2. The third-order valence-corrected chi connectivity index (χ3v) is 6.06. The van der Waals surface area contributed by atoms with Crippen molar-refractivity contribution in [3.05, 3.63) is 59.7 Å². The number of ether oxygens (including phenoxy) is 3. The minimum absolute atomic E-state index is 0.177. The van der Waals surface area contributed by atoms with E-state index >= 15 is 0 Å². The van der Waals surface area contributed by atoms with Crippen LogP contribution < -0.4 is 19.6 Å². The first kappa shape index (κ1) is 15.4. The molecular weight excluding hydrogens is 340 g/mol. The molecule has 0 saturated heterocycles. The van der Waals surface area contributed by atoms with Crippen molar-refractivity contribution in [2.75, 3.05) is 13.2 Å². The van der Waals surface area contributed by atoms with Crippen molar-refractivity contribution in [3.8, 4) is 17.2 Å².